The van der Waals surface area contributed by atoms with Gasteiger partial charge in [0.1, 0.15) is 6.26 Å². The number of nitrogens with one attached hydrogen (secondary N) is 1. The Kier molecular flexibility index (Phi) is 5.00. The third kappa shape index (κ3) is 5.22. The van der Waals surface area contributed by atoms with Crippen LogP contribution >= 0.6 is 0 Å². The van der Waals surface area contributed by atoms with E-state index in [0.29, 0.717) is 6.01 Å². The van der Waals surface area contributed by atoms with E-state index in [1.165, 1.54) is 6.42 Å². The second-order valence-corrected chi connectivity index (χ2v) is 5.50. The average molecular weight is 239 g/mol. The van der Waals surface area contributed by atoms with Crippen LogP contribution in [0.15, 0.2) is 10.7 Å². The maximum Gasteiger partial charge on any atom is 0.297 e. The standard InChI is InChI=1S/C13H25N3O/c1-6-7-8-16(5)12-15-11(10-17-12)9-14-13(2,3)4/h10,14H,6-9H2,1-5H3. The highest BCUT2D eigenvalue weighted by Crippen LogP contribution is 2.13. The van der Waals surface area contributed by atoms with Crippen LogP contribution in [0.2, 0.25) is 0 Å². The molecule has 1 rings (SSSR count). The van der Waals surface area contributed by atoms with Gasteiger partial charge in [-0.2, -0.15) is 4.98 Å². The van der Waals surface area contributed by atoms with Crippen molar-refractivity contribution in [2.45, 2.75) is 52.6 Å². The third-order valence-corrected chi connectivity index (χ3v) is 2.51. The molecule has 1 aromatic rings. The minimum atomic E-state index is 0.104. The topological polar surface area (TPSA) is 41.3 Å². The van der Waals surface area contributed by atoms with E-state index in [-0.39, 0.29) is 5.54 Å². The van der Waals surface area contributed by atoms with Gasteiger partial charge < -0.3 is 14.6 Å². The van der Waals surface area contributed by atoms with Crippen LogP contribution < -0.4 is 10.2 Å². The minimum absolute atomic E-state index is 0.104. The second kappa shape index (κ2) is 6.05. The van der Waals surface area contributed by atoms with Crippen LogP contribution in [-0.2, 0) is 6.54 Å². The van der Waals surface area contributed by atoms with Crippen molar-refractivity contribution in [1.29, 1.82) is 0 Å². The van der Waals surface area contributed by atoms with Gasteiger partial charge in [-0.25, -0.2) is 0 Å². The Hall–Kier alpha value is -1.03. The van der Waals surface area contributed by atoms with Gasteiger partial charge in [-0.1, -0.05) is 13.3 Å². The van der Waals surface area contributed by atoms with Crippen LogP contribution in [0, 0.1) is 0 Å². The van der Waals surface area contributed by atoms with E-state index < -0.39 is 0 Å². The maximum absolute atomic E-state index is 5.46. The summed E-state index contributed by atoms with van der Waals surface area (Å²) in [6.07, 6.45) is 4.08. The lowest BCUT2D eigenvalue weighted by Gasteiger charge is -2.19. The number of unbranched alkanes of at least 4 members (excludes halogenated alkanes) is 1. The van der Waals surface area contributed by atoms with Crippen molar-refractivity contribution in [3.63, 3.8) is 0 Å². The second-order valence-electron chi connectivity index (χ2n) is 5.50. The first-order valence-corrected chi connectivity index (χ1v) is 6.33. The molecular formula is C13H25N3O. The molecule has 0 aromatic carbocycles. The van der Waals surface area contributed by atoms with Crippen molar-refractivity contribution in [3.8, 4) is 0 Å². The highest BCUT2D eigenvalue weighted by atomic mass is 16.4. The molecule has 0 aliphatic carbocycles. The number of anilines is 1. The molecule has 1 heterocycles. The van der Waals surface area contributed by atoms with E-state index in [2.05, 4.69) is 42.9 Å². The van der Waals surface area contributed by atoms with Gasteiger partial charge in [0, 0.05) is 25.7 Å². The first kappa shape index (κ1) is 14.0. The summed E-state index contributed by atoms with van der Waals surface area (Å²) in [5, 5.41) is 3.39. The van der Waals surface area contributed by atoms with Crippen molar-refractivity contribution in [1.82, 2.24) is 10.3 Å². The van der Waals surface area contributed by atoms with Crippen LogP contribution in [0.25, 0.3) is 0 Å². The molecule has 0 bridgehead atoms. The van der Waals surface area contributed by atoms with E-state index in [1.54, 1.807) is 6.26 Å². The quantitative estimate of drug-likeness (QED) is 0.829. The van der Waals surface area contributed by atoms with E-state index in [4.69, 9.17) is 4.42 Å². The van der Waals surface area contributed by atoms with Gasteiger partial charge >= 0.3 is 0 Å². The van der Waals surface area contributed by atoms with E-state index in [9.17, 15) is 0 Å². The Morgan fingerprint density at radius 1 is 1.41 bits per heavy atom. The normalized spacial score (nSPS) is 11.8. The SMILES string of the molecule is CCCCN(C)c1nc(CNC(C)(C)C)co1. The van der Waals surface area contributed by atoms with Gasteiger partial charge in [0.25, 0.3) is 6.01 Å². The summed E-state index contributed by atoms with van der Waals surface area (Å²) in [6.45, 7) is 10.3. The van der Waals surface area contributed by atoms with Gasteiger partial charge in [0.2, 0.25) is 0 Å². The summed E-state index contributed by atoms with van der Waals surface area (Å²) in [6, 6.07) is 0.712. The molecule has 0 atom stereocenters. The largest absolute Gasteiger partial charge is 0.432 e. The predicted octanol–water partition coefficient (Wildman–Crippen LogP) is 2.80. The molecule has 0 fully saturated rings. The highest BCUT2D eigenvalue weighted by Gasteiger charge is 2.12. The number of hydrogen-bond donors (Lipinski definition) is 1. The molecule has 0 unspecified atom stereocenters. The molecule has 0 saturated heterocycles. The lowest BCUT2D eigenvalue weighted by molar-refractivity contribution is 0.421. The molecule has 1 aromatic heterocycles. The van der Waals surface area contributed by atoms with Gasteiger partial charge in [-0.15, -0.1) is 0 Å². The molecule has 1 N–H and O–H groups in total. The first-order chi connectivity index (χ1) is 7.92. The summed E-state index contributed by atoms with van der Waals surface area (Å²) >= 11 is 0. The van der Waals surface area contributed by atoms with Crippen LogP contribution in [0.1, 0.15) is 46.2 Å². The zero-order valence-electron chi connectivity index (χ0n) is 11.7. The van der Waals surface area contributed by atoms with Crippen molar-refractivity contribution < 1.29 is 4.42 Å². The van der Waals surface area contributed by atoms with Gasteiger partial charge in [-0.3, -0.25) is 0 Å². The lowest BCUT2D eigenvalue weighted by Crippen LogP contribution is -2.35. The van der Waals surface area contributed by atoms with Crippen LogP contribution in [-0.4, -0.2) is 24.1 Å². The fourth-order valence-corrected chi connectivity index (χ4v) is 1.40. The molecule has 98 valence electrons. The van der Waals surface area contributed by atoms with E-state index in [1.807, 2.05) is 7.05 Å². The molecule has 0 spiro atoms. The van der Waals surface area contributed by atoms with Crippen LogP contribution in [0.3, 0.4) is 0 Å². The summed E-state index contributed by atoms with van der Waals surface area (Å²) in [5.41, 5.74) is 1.06. The zero-order valence-corrected chi connectivity index (χ0v) is 11.7. The predicted molar refractivity (Wildman–Crippen MR) is 71.3 cm³/mol. The van der Waals surface area contributed by atoms with Crippen molar-refractivity contribution in [2.75, 3.05) is 18.5 Å². The van der Waals surface area contributed by atoms with E-state index in [0.717, 1.165) is 25.2 Å². The number of hydrogen-bond acceptors (Lipinski definition) is 4. The van der Waals surface area contributed by atoms with Crippen LogP contribution in [0.5, 0.6) is 0 Å². The summed E-state index contributed by atoms with van der Waals surface area (Å²) < 4.78 is 5.46. The molecule has 0 aliphatic heterocycles. The molecule has 0 aliphatic rings. The fraction of sp³-hybridized carbons (Fsp3) is 0.769. The molecule has 0 saturated carbocycles. The third-order valence-electron chi connectivity index (χ3n) is 2.51. The van der Waals surface area contributed by atoms with Crippen molar-refractivity contribution in [2.24, 2.45) is 0 Å². The van der Waals surface area contributed by atoms with Gasteiger partial charge in [0.05, 0.1) is 5.69 Å². The highest BCUT2D eigenvalue weighted by molar-refractivity contribution is 5.24. The monoisotopic (exact) mass is 239 g/mol. The fourth-order valence-electron chi connectivity index (χ4n) is 1.40. The van der Waals surface area contributed by atoms with Crippen molar-refractivity contribution >= 4 is 6.01 Å². The van der Waals surface area contributed by atoms with Crippen molar-refractivity contribution in [3.05, 3.63) is 12.0 Å². The number of oxazole rings is 1. The maximum atomic E-state index is 5.46. The molecule has 0 amide bonds. The molecule has 17 heavy (non-hydrogen) atoms. The Morgan fingerprint density at radius 2 is 2.12 bits per heavy atom. The summed E-state index contributed by atoms with van der Waals surface area (Å²) in [4.78, 5) is 6.52. The Morgan fingerprint density at radius 3 is 2.71 bits per heavy atom. The van der Waals surface area contributed by atoms with Gasteiger partial charge in [0.15, 0.2) is 0 Å². The summed E-state index contributed by atoms with van der Waals surface area (Å²) in [7, 11) is 2.02. The average Bonchev–Trinajstić information content (AvgIpc) is 2.70. The number of rotatable bonds is 6. The Bertz CT molecular complexity index is 328. The molecule has 4 nitrogen and oxygen atoms in total. The smallest absolute Gasteiger partial charge is 0.297 e. The molecule has 0 radical (unpaired) electrons. The Labute approximate surface area is 104 Å². The summed E-state index contributed by atoms with van der Waals surface area (Å²) in [5.74, 6) is 0. The molecule has 4 heteroatoms. The number of nitrogens with zero attached hydrogens (tertiary/aromatic N) is 2. The first-order valence-electron chi connectivity index (χ1n) is 6.33. The molecular weight excluding hydrogens is 214 g/mol. The lowest BCUT2D eigenvalue weighted by atomic mass is 10.1. The van der Waals surface area contributed by atoms with E-state index >= 15 is 0 Å². The minimum Gasteiger partial charge on any atom is -0.432 e. The number of aromatic nitrogens is 1. The zero-order chi connectivity index (χ0) is 12.9. The van der Waals surface area contributed by atoms with Crippen LogP contribution in [0.4, 0.5) is 6.01 Å². The Balaban J connectivity index is 2.47. The van der Waals surface area contributed by atoms with Gasteiger partial charge in [-0.05, 0) is 27.2 Å².